The average molecular weight is 385 g/mol. The van der Waals surface area contributed by atoms with Gasteiger partial charge in [0.05, 0.1) is 6.10 Å². The molecule has 1 N–H and O–H groups in total. The topological polar surface area (TPSA) is 43.8 Å². The predicted octanol–water partition coefficient (Wildman–Crippen LogP) is 3.34. The summed E-state index contributed by atoms with van der Waals surface area (Å²) in [6.45, 7) is 5.55. The Bertz CT molecular complexity index is 619. The lowest BCUT2D eigenvalue weighted by Crippen LogP contribution is -2.44. The number of aliphatic hydroxyl groups is 1. The molecule has 1 atom stereocenters. The lowest BCUT2D eigenvalue weighted by molar-refractivity contribution is -0.138. The van der Waals surface area contributed by atoms with Crippen LogP contribution in [-0.2, 0) is 11.2 Å². The third kappa shape index (κ3) is 4.96. The number of aliphatic hydroxyl groups excluding tert-OH is 1. The highest BCUT2D eigenvalue weighted by atomic mass is 16.3. The van der Waals surface area contributed by atoms with Gasteiger partial charge in [-0.2, -0.15) is 0 Å². The van der Waals surface area contributed by atoms with Crippen molar-refractivity contribution in [2.24, 2.45) is 17.8 Å². The van der Waals surface area contributed by atoms with E-state index in [0.29, 0.717) is 5.91 Å². The number of carbonyl (C=O) groups is 1. The lowest BCUT2D eigenvalue weighted by Gasteiger charge is -2.37. The molecule has 0 aromatic heterocycles. The minimum atomic E-state index is -0.179. The summed E-state index contributed by atoms with van der Waals surface area (Å²) >= 11 is 0. The molecule has 1 amide bonds. The van der Waals surface area contributed by atoms with Gasteiger partial charge in [0.15, 0.2) is 0 Å². The molecule has 154 valence electrons. The molecule has 1 aliphatic carbocycles. The summed E-state index contributed by atoms with van der Waals surface area (Å²) in [5, 5.41) is 9.67. The standard InChI is InChI=1S/C24H36N2O2/c27-23-8-6-21(7-9-23)24(28)26-16-12-20(13-17-26)22-11-15-25(18-22)14-10-19-4-2-1-3-5-19/h1-5,20-23,27H,6-18H2. The summed E-state index contributed by atoms with van der Waals surface area (Å²) in [6.07, 6.45) is 8.00. The molecule has 1 aromatic rings. The van der Waals surface area contributed by atoms with Crippen LogP contribution in [0.15, 0.2) is 30.3 Å². The van der Waals surface area contributed by atoms with Gasteiger partial charge in [0.25, 0.3) is 0 Å². The number of nitrogens with zero attached hydrogens (tertiary/aromatic N) is 2. The fourth-order valence-corrected chi connectivity index (χ4v) is 5.55. The van der Waals surface area contributed by atoms with Gasteiger partial charge in [-0.05, 0) is 75.3 Å². The number of benzene rings is 1. The fraction of sp³-hybridized carbons (Fsp3) is 0.708. The molecule has 3 fully saturated rings. The van der Waals surface area contributed by atoms with Crippen LogP contribution in [0.1, 0.15) is 50.5 Å². The molecule has 0 radical (unpaired) electrons. The first-order chi connectivity index (χ1) is 13.7. The Kier molecular flexibility index (Phi) is 6.69. The monoisotopic (exact) mass is 384 g/mol. The van der Waals surface area contributed by atoms with Gasteiger partial charge in [0.2, 0.25) is 5.91 Å². The second-order valence-electron chi connectivity index (χ2n) is 9.25. The Hall–Kier alpha value is -1.39. The average Bonchev–Trinajstić information content (AvgIpc) is 3.22. The van der Waals surface area contributed by atoms with Crippen LogP contribution in [0.3, 0.4) is 0 Å². The molecular weight excluding hydrogens is 348 g/mol. The number of piperidine rings is 1. The van der Waals surface area contributed by atoms with Gasteiger partial charge in [-0.3, -0.25) is 4.79 Å². The minimum Gasteiger partial charge on any atom is -0.393 e. The van der Waals surface area contributed by atoms with E-state index < -0.39 is 0 Å². The van der Waals surface area contributed by atoms with Crippen molar-refractivity contribution in [2.75, 3.05) is 32.7 Å². The van der Waals surface area contributed by atoms with Crippen molar-refractivity contribution in [2.45, 2.75) is 57.5 Å². The van der Waals surface area contributed by atoms with Crippen molar-refractivity contribution in [3.05, 3.63) is 35.9 Å². The van der Waals surface area contributed by atoms with E-state index in [2.05, 4.69) is 40.1 Å². The predicted molar refractivity (Wildman–Crippen MR) is 112 cm³/mol. The molecule has 0 spiro atoms. The Morgan fingerprint density at radius 2 is 1.57 bits per heavy atom. The zero-order chi connectivity index (χ0) is 19.3. The third-order valence-electron chi connectivity index (χ3n) is 7.43. The maximum absolute atomic E-state index is 12.8. The fourth-order valence-electron chi connectivity index (χ4n) is 5.55. The Balaban J connectivity index is 1.18. The second kappa shape index (κ2) is 9.41. The van der Waals surface area contributed by atoms with Crippen LogP contribution in [0.25, 0.3) is 0 Å². The van der Waals surface area contributed by atoms with Crippen molar-refractivity contribution in [1.82, 2.24) is 9.80 Å². The number of hydrogen-bond donors (Lipinski definition) is 1. The van der Waals surface area contributed by atoms with Crippen LogP contribution in [0.4, 0.5) is 0 Å². The molecule has 28 heavy (non-hydrogen) atoms. The van der Waals surface area contributed by atoms with E-state index in [-0.39, 0.29) is 12.0 Å². The molecule has 0 bridgehead atoms. The summed E-state index contributed by atoms with van der Waals surface area (Å²) in [6, 6.07) is 10.8. The minimum absolute atomic E-state index is 0.167. The normalized spacial score (nSPS) is 29.9. The zero-order valence-corrected chi connectivity index (χ0v) is 17.1. The molecule has 2 heterocycles. The van der Waals surface area contributed by atoms with Crippen LogP contribution in [0.2, 0.25) is 0 Å². The van der Waals surface area contributed by atoms with E-state index in [1.54, 1.807) is 0 Å². The third-order valence-corrected chi connectivity index (χ3v) is 7.43. The maximum atomic E-state index is 12.8. The molecule has 4 nitrogen and oxygen atoms in total. The molecule has 1 unspecified atom stereocenters. The largest absolute Gasteiger partial charge is 0.393 e. The van der Waals surface area contributed by atoms with E-state index >= 15 is 0 Å². The van der Waals surface area contributed by atoms with Crippen LogP contribution >= 0.6 is 0 Å². The highest BCUT2D eigenvalue weighted by Gasteiger charge is 2.35. The van der Waals surface area contributed by atoms with E-state index in [1.807, 2.05) is 0 Å². The Morgan fingerprint density at radius 1 is 0.893 bits per heavy atom. The highest BCUT2D eigenvalue weighted by molar-refractivity contribution is 5.79. The summed E-state index contributed by atoms with van der Waals surface area (Å²) in [5.41, 5.74) is 1.44. The first-order valence-electron chi connectivity index (χ1n) is 11.4. The van der Waals surface area contributed by atoms with Gasteiger partial charge in [0, 0.05) is 32.1 Å². The molecular formula is C24H36N2O2. The second-order valence-corrected chi connectivity index (χ2v) is 9.25. The first kappa shape index (κ1) is 19.9. The van der Waals surface area contributed by atoms with Gasteiger partial charge < -0.3 is 14.9 Å². The summed E-state index contributed by atoms with van der Waals surface area (Å²) in [5.74, 6) is 2.14. The molecule has 1 aromatic carbocycles. The van der Waals surface area contributed by atoms with Gasteiger partial charge in [-0.25, -0.2) is 0 Å². The van der Waals surface area contributed by atoms with E-state index in [0.717, 1.165) is 57.0 Å². The van der Waals surface area contributed by atoms with Crippen LogP contribution in [0.5, 0.6) is 0 Å². The smallest absolute Gasteiger partial charge is 0.225 e. The maximum Gasteiger partial charge on any atom is 0.225 e. The SMILES string of the molecule is O=C(C1CCC(O)CC1)N1CCC(C2CCN(CCc3ccccc3)C2)CC1. The molecule has 4 rings (SSSR count). The van der Waals surface area contributed by atoms with Gasteiger partial charge in [-0.15, -0.1) is 0 Å². The molecule has 1 saturated carbocycles. The van der Waals surface area contributed by atoms with Crippen LogP contribution in [0, 0.1) is 17.8 Å². The van der Waals surface area contributed by atoms with Crippen molar-refractivity contribution >= 4 is 5.91 Å². The van der Waals surface area contributed by atoms with E-state index in [9.17, 15) is 9.90 Å². The molecule has 4 heteroatoms. The lowest BCUT2D eigenvalue weighted by atomic mass is 9.82. The van der Waals surface area contributed by atoms with Crippen LogP contribution in [-0.4, -0.2) is 59.6 Å². The highest BCUT2D eigenvalue weighted by Crippen LogP contribution is 2.33. The Morgan fingerprint density at radius 3 is 2.29 bits per heavy atom. The van der Waals surface area contributed by atoms with E-state index in [4.69, 9.17) is 0 Å². The molecule has 2 saturated heterocycles. The number of hydrogen-bond acceptors (Lipinski definition) is 3. The van der Waals surface area contributed by atoms with Gasteiger partial charge in [-0.1, -0.05) is 30.3 Å². The number of rotatable bonds is 5. The summed E-state index contributed by atoms with van der Waals surface area (Å²) in [7, 11) is 0. The van der Waals surface area contributed by atoms with Crippen molar-refractivity contribution in [3.63, 3.8) is 0 Å². The summed E-state index contributed by atoms with van der Waals surface area (Å²) in [4.78, 5) is 17.6. The number of likely N-dealkylation sites (tertiary alicyclic amines) is 2. The Labute approximate surface area is 169 Å². The zero-order valence-electron chi connectivity index (χ0n) is 17.1. The van der Waals surface area contributed by atoms with Crippen LogP contribution < -0.4 is 0 Å². The van der Waals surface area contributed by atoms with Gasteiger partial charge >= 0.3 is 0 Å². The molecule has 2 aliphatic heterocycles. The first-order valence-corrected chi connectivity index (χ1v) is 11.4. The summed E-state index contributed by atoms with van der Waals surface area (Å²) < 4.78 is 0. The molecule has 3 aliphatic rings. The van der Waals surface area contributed by atoms with Crippen molar-refractivity contribution < 1.29 is 9.90 Å². The number of amides is 1. The van der Waals surface area contributed by atoms with E-state index in [1.165, 1.54) is 44.5 Å². The quantitative estimate of drug-likeness (QED) is 0.847. The number of carbonyl (C=O) groups excluding carboxylic acids is 1. The van der Waals surface area contributed by atoms with Crippen molar-refractivity contribution in [3.8, 4) is 0 Å². The van der Waals surface area contributed by atoms with Gasteiger partial charge in [0.1, 0.15) is 0 Å². The van der Waals surface area contributed by atoms with Crippen molar-refractivity contribution in [1.29, 1.82) is 0 Å².